The largest absolute Gasteiger partial charge is 0.375 e. The molecular weight excluding hydrogens is 338 g/mol. The van der Waals surface area contributed by atoms with E-state index < -0.39 is 14.6 Å². The van der Waals surface area contributed by atoms with E-state index in [-0.39, 0.29) is 11.9 Å². The van der Waals surface area contributed by atoms with Crippen molar-refractivity contribution in [3.8, 4) is 0 Å². The number of rotatable bonds is 5. The standard InChI is InChI=1S/C18H29N3O3S/c1-5-19-17(21-11-12-25(22,23)18(2,3)14-21)20-13-16(24-4)15-9-7-6-8-10-15/h6-10,16H,5,11-14H2,1-4H3,(H,19,20). The lowest BCUT2D eigenvalue weighted by Crippen LogP contribution is -2.57. The van der Waals surface area contributed by atoms with Crippen LogP contribution in [0.5, 0.6) is 0 Å². The highest BCUT2D eigenvalue weighted by Crippen LogP contribution is 2.24. The Labute approximate surface area is 151 Å². The average molecular weight is 368 g/mol. The van der Waals surface area contributed by atoms with Gasteiger partial charge in [-0.3, -0.25) is 4.99 Å². The van der Waals surface area contributed by atoms with Crippen LogP contribution >= 0.6 is 0 Å². The first-order valence-corrected chi connectivity index (χ1v) is 10.3. The molecule has 0 saturated carbocycles. The summed E-state index contributed by atoms with van der Waals surface area (Å²) in [7, 11) is -1.39. The molecule has 0 radical (unpaired) electrons. The molecule has 1 aliphatic heterocycles. The monoisotopic (exact) mass is 367 g/mol. The lowest BCUT2D eigenvalue weighted by Gasteiger charge is -2.39. The maximum Gasteiger partial charge on any atom is 0.194 e. The third kappa shape index (κ3) is 4.73. The molecule has 1 fully saturated rings. The number of aliphatic imine (C=N–C) groups is 1. The summed E-state index contributed by atoms with van der Waals surface area (Å²) in [5.41, 5.74) is 1.08. The van der Waals surface area contributed by atoms with Gasteiger partial charge in [0.15, 0.2) is 15.8 Å². The molecule has 1 aliphatic rings. The van der Waals surface area contributed by atoms with Crippen LogP contribution in [0.25, 0.3) is 0 Å². The molecule has 7 heteroatoms. The molecule has 25 heavy (non-hydrogen) atoms. The van der Waals surface area contributed by atoms with Crippen LogP contribution < -0.4 is 5.32 Å². The van der Waals surface area contributed by atoms with Crippen molar-refractivity contribution in [2.45, 2.75) is 31.6 Å². The molecule has 1 aromatic carbocycles. The Morgan fingerprint density at radius 3 is 2.60 bits per heavy atom. The van der Waals surface area contributed by atoms with E-state index in [4.69, 9.17) is 9.73 Å². The summed E-state index contributed by atoms with van der Waals surface area (Å²) >= 11 is 0. The van der Waals surface area contributed by atoms with E-state index in [9.17, 15) is 8.42 Å². The summed E-state index contributed by atoms with van der Waals surface area (Å²) < 4.78 is 29.2. The Morgan fingerprint density at radius 2 is 2.04 bits per heavy atom. The zero-order valence-corrected chi connectivity index (χ0v) is 16.3. The molecule has 1 aromatic rings. The highest BCUT2D eigenvalue weighted by molar-refractivity contribution is 7.92. The van der Waals surface area contributed by atoms with E-state index in [0.717, 1.165) is 18.1 Å². The van der Waals surface area contributed by atoms with Gasteiger partial charge in [-0.15, -0.1) is 0 Å². The van der Waals surface area contributed by atoms with Gasteiger partial charge in [-0.05, 0) is 26.3 Å². The zero-order chi connectivity index (χ0) is 18.5. The second-order valence-electron chi connectivity index (χ2n) is 6.83. The second-order valence-corrected chi connectivity index (χ2v) is 9.57. The van der Waals surface area contributed by atoms with E-state index >= 15 is 0 Å². The molecule has 140 valence electrons. The van der Waals surface area contributed by atoms with Crippen molar-refractivity contribution in [2.24, 2.45) is 4.99 Å². The maximum absolute atomic E-state index is 12.2. The van der Waals surface area contributed by atoms with Gasteiger partial charge in [0.1, 0.15) is 6.10 Å². The molecule has 0 amide bonds. The van der Waals surface area contributed by atoms with Gasteiger partial charge >= 0.3 is 0 Å². The zero-order valence-electron chi connectivity index (χ0n) is 15.5. The topological polar surface area (TPSA) is 71.0 Å². The minimum atomic E-state index is -3.07. The first kappa shape index (κ1) is 19.7. The van der Waals surface area contributed by atoms with E-state index in [1.54, 1.807) is 21.0 Å². The Hall–Kier alpha value is -1.60. The van der Waals surface area contributed by atoms with Crippen LogP contribution in [0.4, 0.5) is 0 Å². The van der Waals surface area contributed by atoms with Gasteiger partial charge in [-0.1, -0.05) is 30.3 Å². The lowest BCUT2D eigenvalue weighted by molar-refractivity contribution is 0.110. The quantitative estimate of drug-likeness (QED) is 0.635. The molecule has 0 aromatic heterocycles. The van der Waals surface area contributed by atoms with Crippen molar-refractivity contribution in [3.05, 3.63) is 35.9 Å². The summed E-state index contributed by atoms with van der Waals surface area (Å²) in [5.74, 6) is 0.889. The van der Waals surface area contributed by atoms with Crippen molar-refractivity contribution in [3.63, 3.8) is 0 Å². The van der Waals surface area contributed by atoms with Gasteiger partial charge in [0.2, 0.25) is 0 Å². The fourth-order valence-electron chi connectivity index (χ4n) is 2.90. The predicted octanol–water partition coefficient (Wildman–Crippen LogP) is 1.85. The molecular formula is C18H29N3O3S. The number of benzene rings is 1. The number of hydrogen-bond acceptors (Lipinski definition) is 4. The van der Waals surface area contributed by atoms with Crippen LogP contribution in [0.2, 0.25) is 0 Å². The van der Waals surface area contributed by atoms with Crippen LogP contribution in [-0.4, -0.2) is 63.1 Å². The molecule has 6 nitrogen and oxygen atoms in total. The highest BCUT2D eigenvalue weighted by atomic mass is 32.2. The van der Waals surface area contributed by atoms with Crippen molar-refractivity contribution in [1.29, 1.82) is 0 Å². The number of nitrogens with one attached hydrogen (secondary N) is 1. The smallest absolute Gasteiger partial charge is 0.194 e. The third-order valence-corrected chi connectivity index (χ3v) is 7.07. The summed E-state index contributed by atoms with van der Waals surface area (Å²) in [6.07, 6.45) is -0.128. The van der Waals surface area contributed by atoms with Gasteiger partial charge in [0.05, 0.1) is 17.0 Å². The van der Waals surface area contributed by atoms with Gasteiger partial charge in [0, 0.05) is 26.7 Å². The lowest BCUT2D eigenvalue weighted by atomic mass is 10.1. The van der Waals surface area contributed by atoms with E-state index in [0.29, 0.717) is 19.6 Å². The third-order valence-electron chi connectivity index (χ3n) is 4.54. The molecule has 2 rings (SSSR count). The summed E-state index contributed by atoms with van der Waals surface area (Å²) in [6.45, 7) is 7.66. The number of nitrogens with zero attached hydrogens (tertiary/aromatic N) is 2. The van der Waals surface area contributed by atoms with Crippen molar-refractivity contribution in [1.82, 2.24) is 10.2 Å². The van der Waals surface area contributed by atoms with Gasteiger partial charge in [0.25, 0.3) is 0 Å². The maximum atomic E-state index is 12.2. The van der Waals surface area contributed by atoms with Gasteiger partial charge < -0.3 is 15.0 Å². The number of sulfone groups is 1. The fraction of sp³-hybridized carbons (Fsp3) is 0.611. The van der Waals surface area contributed by atoms with Crippen LogP contribution in [0.1, 0.15) is 32.4 Å². The van der Waals surface area contributed by atoms with Crippen LogP contribution in [0.15, 0.2) is 35.3 Å². The molecule has 1 atom stereocenters. The SMILES string of the molecule is CCNC(=NCC(OC)c1ccccc1)N1CCS(=O)(=O)C(C)(C)C1. The highest BCUT2D eigenvalue weighted by Gasteiger charge is 2.41. The fourth-order valence-corrected chi connectivity index (χ4v) is 4.27. The average Bonchev–Trinajstić information content (AvgIpc) is 2.58. The van der Waals surface area contributed by atoms with E-state index in [2.05, 4.69) is 5.32 Å². The second kappa shape index (κ2) is 8.19. The Bertz CT molecular complexity index is 687. The molecule has 1 heterocycles. The summed E-state index contributed by atoms with van der Waals surface area (Å²) in [6, 6.07) is 9.97. The van der Waals surface area contributed by atoms with E-state index in [1.807, 2.05) is 42.2 Å². The normalized spacial score (nSPS) is 21.0. The van der Waals surface area contributed by atoms with Gasteiger partial charge in [-0.2, -0.15) is 0 Å². The summed E-state index contributed by atoms with van der Waals surface area (Å²) in [5, 5.41) is 3.27. The Kier molecular flexibility index (Phi) is 6.46. The summed E-state index contributed by atoms with van der Waals surface area (Å²) in [4.78, 5) is 6.74. The number of methoxy groups -OCH3 is 1. The molecule has 1 saturated heterocycles. The number of ether oxygens (including phenoxy) is 1. The minimum absolute atomic E-state index is 0.128. The molecule has 0 spiro atoms. The molecule has 1 N–H and O–H groups in total. The first-order chi connectivity index (χ1) is 11.8. The number of guanidine groups is 1. The van der Waals surface area contributed by atoms with Crippen molar-refractivity contribution in [2.75, 3.05) is 39.0 Å². The van der Waals surface area contributed by atoms with Crippen molar-refractivity contribution < 1.29 is 13.2 Å². The van der Waals surface area contributed by atoms with E-state index in [1.165, 1.54) is 0 Å². The predicted molar refractivity (Wildman–Crippen MR) is 102 cm³/mol. The number of hydrogen-bond donors (Lipinski definition) is 1. The first-order valence-electron chi connectivity index (χ1n) is 8.64. The Balaban J connectivity index is 2.16. The molecule has 1 unspecified atom stereocenters. The van der Waals surface area contributed by atoms with Gasteiger partial charge in [-0.25, -0.2) is 8.42 Å². The van der Waals surface area contributed by atoms with Crippen LogP contribution in [0.3, 0.4) is 0 Å². The minimum Gasteiger partial charge on any atom is -0.375 e. The Morgan fingerprint density at radius 1 is 1.36 bits per heavy atom. The van der Waals surface area contributed by atoms with Crippen LogP contribution in [-0.2, 0) is 14.6 Å². The van der Waals surface area contributed by atoms with Crippen LogP contribution in [0, 0.1) is 0 Å². The molecule has 0 bridgehead atoms. The molecule has 0 aliphatic carbocycles. The van der Waals surface area contributed by atoms with Crippen molar-refractivity contribution >= 4 is 15.8 Å².